The van der Waals surface area contributed by atoms with Crippen LogP contribution < -0.4 is 0 Å². The van der Waals surface area contributed by atoms with Gasteiger partial charge in [0.15, 0.2) is 0 Å². The third-order valence-corrected chi connectivity index (χ3v) is 5.42. The summed E-state index contributed by atoms with van der Waals surface area (Å²) in [4.78, 5) is 8.64. The predicted molar refractivity (Wildman–Crippen MR) is 134 cm³/mol. The Kier molecular flexibility index (Phi) is 7.32. The smallest absolute Gasteiger partial charge is 0.121 e. The number of pyridine rings is 2. The van der Waals surface area contributed by atoms with Crippen molar-refractivity contribution in [3.63, 3.8) is 0 Å². The van der Waals surface area contributed by atoms with Gasteiger partial charge in [0, 0.05) is 37.9 Å². The van der Waals surface area contributed by atoms with Gasteiger partial charge >= 0.3 is 0 Å². The summed E-state index contributed by atoms with van der Waals surface area (Å²) in [5.74, 6) is 0. The first-order valence-electron chi connectivity index (χ1n) is 10.8. The fourth-order valence-electron chi connectivity index (χ4n) is 3.73. The Morgan fingerprint density at radius 1 is 0.706 bits per heavy atom. The van der Waals surface area contributed by atoms with Crippen molar-refractivity contribution < 1.29 is 24.5 Å². The van der Waals surface area contributed by atoms with E-state index in [1.54, 1.807) is 12.4 Å². The molecule has 3 aromatic carbocycles. The number of furan rings is 1. The minimum absolute atomic E-state index is 0. The summed E-state index contributed by atoms with van der Waals surface area (Å²) in [6.45, 7) is 4.12. The second-order valence-electron chi connectivity index (χ2n) is 7.91. The molecule has 0 spiro atoms. The molecule has 0 saturated carbocycles. The van der Waals surface area contributed by atoms with Crippen LogP contribution in [0.3, 0.4) is 0 Å². The summed E-state index contributed by atoms with van der Waals surface area (Å²) in [6.07, 6.45) is 3.58. The molecule has 1 radical (unpaired) electrons. The maximum absolute atomic E-state index is 6.05. The van der Waals surface area contributed by atoms with Gasteiger partial charge in [-0.3, -0.25) is 0 Å². The Bertz CT molecular complexity index is 1510. The Morgan fingerprint density at radius 3 is 2.12 bits per heavy atom. The zero-order valence-corrected chi connectivity index (χ0v) is 21.3. The van der Waals surface area contributed by atoms with E-state index in [9.17, 15) is 0 Å². The standard InChI is InChI=1S/C18H12NO.C12H10N.Ir/c1-12-8-9-13-14-5-4-6-15(16-7-2-3-10-19-16)18(14)20-17(13)11-12;1-10-5-7-11(8-6-10)12-4-2-3-9-13-12;/h2-5,7-11H,1H3;2-7,9H,1H3;/q2*-1;. The molecule has 0 aliphatic heterocycles. The normalized spacial score (nSPS) is 10.4. The van der Waals surface area contributed by atoms with Gasteiger partial charge in [-0.15, -0.1) is 53.6 Å². The Labute approximate surface area is 212 Å². The zero-order chi connectivity index (χ0) is 22.6. The molecule has 4 heteroatoms. The Morgan fingerprint density at radius 2 is 1.44 bits per heavy atom. The molecule has 0 unspecified atom stereocenters. The molecule has 6 rings (SSSR count). The van der Waals surface area contributed by atoms with Crippen molar-refractivity contribution in [2.45, 2.75) is 13.8 Å². The van der Waals surface area contributed by atoms with Crippen LogP contribution in [-0.2, 0) is 20.1 Å². The summed E-state index contributed by atoms with van der Waals surface area (Å²) in [5.41, 5.74) is 8.00. The average molecular weight is 619 g/mol. The van der Waals surface area contributed by atoms with E-state index in [2.05, 4.69) is 60.2 Å². The third kappa shape index (κ3) is 4.99. The van der Waals surface area contributed by atoms with Crippen molar-refractivity contribution in [2.75, 3.05) is 0 Å². The molecule has 0 atom stereocenters. The fraction of sp³-hybridized carbons (Fsp3) is 0.0667. The van der Waals surface area contributed by atoms with E-state index in [-0.39, 0.29) is 20.1 Å². The van der Waals surface area contributed by atoms with Gasteiger partial charge in [0.25, 0.3) is 0 Å². The van der Waals surface area contributed by atoms with E-state index in [1.807, 2.05) is 60.7 Å². The van der Waals surface area contributed by atoms with Gasteiger partial charge in [-0.05, 0) is 42.1 Å². The SMILES string of the molecule is Cc1c[c-]c(-c2ccccn2)cc1.Cc1ccc2c(c1)oc1c(-c3ccccn3)[c-]ccc12.[Ir]. The van der Waals surface area contributed by atoms with E-state index >= 15 is 0 Å². The number of benzene rings is 3. The first-order chi connectivity index (χ1) is 16.2. The molecule has 3 heterocycles. The van der Waals surface area contributed by atoms with Gasteiger partial charge in [-0.25, -0.2) is 0 Å². The van der Waals surface area contributed by atoms with E-state index in [4.69, 9.17) is 4.42 Å². The van der Waals surface area contributed by atoms with Gasteiger partial charge in [-0.1, -0.05) is 54.3 Å². The maximum Gasteiger partial charge on any atom is 0.121 e. The number of nitrogens with zero attached hydrogens (tertiary/aromatic N) is 2. The molecule has 0 amide bonds. The molecule has 0 N–H and O–H groups in total. The van der Waals surface area contributed by atoms with Crippen LogP contribution in [0.4, 0.5) is 0 Å². The topological polar surface area (TPSA) is 38.9 Å². The minimum Gasteiger partial charge on any atom is -0.501 e. The molecule has 0 aliphatic rings. The summed E-state index contributed by atoms with van der Waals surface area (Å²) in [6, 6.07) is 34.5. The van der Waals surface area contributed by atoms with E-state index in [0.29, 0.717) is 0 Å². The van der Waals surface area contributed by atoms with Crippen LogP contribution in [0.1, 0.15) is 11.1 Å². The largest absolute Gasteiger partial charge is 0.501 e. The molecule has 0 saturated heterocycles. The first kappa shape index (κ1) is 23.6. The molecule has 6 aromatic rings. The van der Waals surface area contributed by atoms with Gasteiger partial charge in [0.2, 0.25) is 0 Å². The monoisotopic (exact) mass is 619 g/mol. The summed E-state index contributed by atoms with van der Waals surface area (Å²) in [5, 5.41) is 2.25. The second kappa shape index (κ2) is 10.6. The van der Waals surface area contributed by atoms with Crippen LogP contribution in [0, 0.1) is 26.0 Å². The molecule has 0 aliphatic carbocycles. The summed E-state index contributed by atoms with van der Waals surface area (Å²) >= 11 is 0. The minimum atomic E-state index is 0. The van der Waals surface area contributed by atoms with Crippen LogP contribution in [0.5, 0.6) is 0 Å². The van der Waals surface area contributed by atoms with Crippen molar-refractivity contribution in [3.05, 3.63) is 121 Å². The quantitative estimate of drug-likeness (QED) is 0.188. The number of rotatable bonds is 2. The maximum atomic E-state index is 6.05. The molecule has 34 heavy (non-hydrogen) atoms. The number of aromatic nitrogens is 2. The van der Waals surface area contributed by atoms with E-state index in [1.165, 1.54) is 11.1 Å². The third-order valence-electron chi connectivity index (χ3n) is 5.42. The van der Waals surface area contributed by atoms with Crippen LogP contribution in [-0.4, -0.2) is 9.97 Å². The summed E-state index contributed by atoms with van der Waals surface area (Å²) < 4.78 is 6.05. The number of fused-ring (bicyclic) bond motifs is 3. The van der Waals surface area contributed by atoms with Gasteiger partial charge in [0.05, 0.1) is 5.58 Å². The number of hydrogen-bond donors (Lipinski definition) is 0. The molecule has 3 aromatic heterocycles. The van der Waals surface area contributed by atoms with E-state index in [0.717, 1.165) is 44.5 Å². The van der Waals surface area contributed by atoms with Crippen molar-refractivity contribution >= 4 is 21.9 Å². The molecule has 169 valence electrons. The molecular weight excluding hydrogens is 597 g/mol. The summed E-state index contributed by atoms with van der Waals surface area (Å²) in [7, 11) is 0. The number of hydrogen-bond acceptors (Lipinski definition) is 3. The van der Waals surface area contributed by atoms with Crippen molar-refractivity contribution in [2.24, 2.45) is 0 Å². The second-order valence-corrected chi connectivity index (χ2v) is 7.91. The Balaban J connectivity index is 0.000000171. The first-order valence-corrected chi connectivity index (χ1v) is 10.8. The van der Waals surface area contributed by atoms with Crippen molar-refractivity contribution in [1.82, 2.24) is 9.97 Å². The Hall–Kier alpha value is -3.59. The predicted octanol–water partition coefficient (Wildman–Crippen LogP) is 7.61. The van der Waals surface area contributed by atoms with Gasteiger partial charge in [0.1, 0.15) is 5.58 Å². The molecular formula is C30H22IrN2O-2. The molecule has 0 fully saturated rings. The van der Waals surface area contributed by atoms with Crippen LogP contribution in [0.2, 0.25) is 0 Å². The number of aryl methyl sites for hydroxylation is 2. The van der Waals surface area contributed by atoms with Crippen LogP contribution in [0.25, 0.3) is 44.5 Å². The molecule has 0 bridgehead atoms. The molecule has 3 nitrogen and oxygen atoms in total. The van der Waals surface area contributed by atoms with Gasteiger partial charge in [-0.2, -0.15) is 0 Å². The van der Waals surface area contributed by atoms with Crippen LogP contribution in [0.15, 0.2) is 102 Å². The van der Waals surface area contributed by atoms with Crippen molar-refractivity contribution in [3.8, 4) is 22.5 Å². The van der Waals surface area contributed by atoms with E-state index < -0.39 is 0 Å². The van der Waals surface area contributed by atoms with Gasteiger partial charge < -0.3 is 14.4 Å². The van der Waals surface area contributed by atoms with Crippen molar-refractivity contribution in [1.29, 1.82) is 0 Å². The van der Waals surface area contributed by atoms with Crippen LogP contribution >= 0.6 is 0 Å². The zero-order valence-electron chi connectivity index (χ0n) is 18.9. The average Bonchev–Trinajstić information content (AvgIpc) is 3.23. The fourth-order valence-corrected chi connectivity index (χ4v) is 3.73.